The van der Waals surface area contributed by atoms with Crippen LogP contribution >= 0.6 is 0 Å². The van der Waals surface area contributed by atoms with E-state index in [9.17, 15) is 10.1 Å². The average molecular weight is 216 g/mol. The van der Waals surface area contributed by atoms with E-state index >= 15 is 0 Å². The third kappa shape index (κ3) is 1.65. The molecule has 0 spiro atoms. The molecule has 0 saturated heterocycles. The van der Waals surface area contributed by atoms with Crippen LogP contribution in [0.3, 0.4) is 0 Å². The molecule has 2 rings (SSSR count). The van der Waals surface area contributed by atoms with Crippen LogP contribution in [-0.2, 0) is 0 Å². The maximum absolute atomic E-state index is 10.9. The Kier molecular flexibility index (Phi) is 2.61. The standard InChI is InChI=1S/C12H12N2O2/c1-8-5-12(14(15)16)11(6-10(8)7-13)9-3-2-4-9/h5-6,9H,2-4H2,1H3. The molecule has 0 atom stereocenters. The quantitative estimate of drug-likeness (QED) is 0.563. The zero-order valence-corrected chi connectivity index (χ0v) is 9.06. The fourth-order valence-electron chi connectivity index (χ4n) is 2.03. The molecule has 4 nitrogen and oxygen atoms in total. The van der Waals surface area contributed by atoms with Crippen LogP contribution < -0.4 is 0 Å². The molecule has 0 amide bonds. The molecular formula is C12H12N2O2. The number of nitro groups is 1. The number of nitriles is 1. The van der Waals surface area contributed by atoms with E-state index in [0.717, 1.165) is 24.8 Å². The van der Waals surface area contributed by atoms with E-state index in [1.807, 2.05) is 0 Å². The van der Waals surface area contributed by atoms with E-state index in [0.29, 0.717) is 11.1 Å². The lowest BCUT2D eigenvalue weighted by Crippen LogP contribution is -2.11. The van der Waals surface area contributed by atoms with Crippen LogP contribution in [0.25, 0.3) is 0 Å². The van der Waals surface area contributed by atoms with Gasteiger partial charge in [-0.2, -0.15) is 5.26 Å². The van der Waals surface area contributed by atoms with Crippen molar-refractivity contribution in [2.45, 2.75) is 32.1 Å². The summed E-state index contributed by atoms with van der Waals surface area (Å²) in [4.78, 5) is 10.6. The van der Waals surface area contributed by atoms with Gasteiger partial charge in [-0.15, -0.1) is 0 Å². The van der Waals surface area contributed by atoms with Gasteiger partial charge in [0.2, 0.25) is 0 Å². The highest BCUT2D eigenvalue weighted by Crippen LogP contribution is 2.41. The van der Waals surface area contributed by atoms with Gasteiger partial charge in [-0.05, 0) is 37.3 Å². The lowest BCUT2D eigenvalue weighted by molar-refractivity contribution is -0.385. The molecule has 0 aromatic heterocycles. The molecule has 82 valence electrons. The van der Waals surface area contributed by atoms with Gasteiger partial charge in [-0.25, -0.2) is 0 Å². The summed E-state index contributed by atoms with van der Waals surface area (Å²) < 4.78 is 0. The van der Waals surface area contributed by atoms with Gasteiger partial charge in [-0.1, -0.05) is 6.42 Å². The maximum Gasteiger partial charge on any atom is 0.273 e. The van der Waals surface area contributed by atoms with Gasteiger partial charge in [0.05, 0.1) is 16.6 Å². The molecule has 1 aliphatic rings. The van der Waals surface area contributed by atoms with Crippen molar-refractivity contribution >= 4 is 5.69 Å². The van der Waals surface area contributed by atoms with Crippen LogP contribution in [0, 0.1) is 28.4 Å². The van der Waals surface area contributed by atoms with Crippen molar-refractivity contribution in [2.24, 2.45) is 0 Å². The predicted octanol–water partition coefficient (Wildman–Crippen LogP) is 3.04. The predicted molar refractivity (Wildman–Crippen MR) is 59.1 cm³/mol. The van der Waals surface area contributed by atoms with E-state index in [1.165, 1.54) is 6.07 Å². The summed E-state index contributed by atoms with van der Waals surface area (Å²) in [6.45, 7) is 1.73. The highest BCUT2D eigenvalue weighted by Gasteiger charge is 2.28. The maximum atomic E-state index is 10.9. The first kappa shape index (κ1) is 10.6. The Hall–Kier alpha value is -1.89. The minimum absolute atomic E-state index is 0.168. The molecule has 4 heteroatoms. The minimum Gasteiger partial charge on any atom is -0.258 e. The van der Waals surface area contributed by atoms with E-state index in [-0.39, 0.29) is 16.5 Å². The average Bonchev–Trinajstić information content (AvgIpc) is 2.17. The molecule has 0 radical (unpaired) electrons. The number of nitrogens with zero attached hydrogens (tertiary/aromatic N) is 2. The molecule has 0 bridgehead atoms. The number of aryl methyl sites for hydroxylation is 1. The third-order valence-electron chi connectivity index (χ3n) is 3.24. The lowest BCUT2D eigenvalue weighted by atomic mass is 9.78. The summed E-state index contributed by atoms with van der Waals surface area (Å²) in [6.07, 6.45) is 3.11. The summed E-state index contributed by atoms with van der Waals surface area (Å²) in [5.41, 5.74) is 2.13. The summed E-state index contributed by atoms with van der Waals surface area (Å²) in [5.74, 6) is 0.271. The minimum atomic E-state index is -0.345. The Bertz CT molecular complexity index is 485. The van der Waals surface area contributed by atoms with Crippen molar-refractivity contribution in [1.29, 1.82) is 5.26 Å². The van der Waals surface area contributed by atoms with Crippen LogP contribution in [0.15, 0.2) is 12.1 Å². The summed E-state index contributed by atoms with van der Waals surface area (Å²) >= 11 is 0. The van der Waals surface area contributed by atoms with Crippen molar-refractivity contribution in [3.05, 3.63) is 38.9 Å². The normalized spacial score (nSPS) is 15.2. The lowest BCUT2D eigenvalue weighted by Gasteiger charge is -2.25. The number of hydrogen-bond donors (Lipinski definition) is 0. The Morgan fingerprint density at radius 3 is 2.62 bits per heavy atom. The second-order valence-corrected chi connectivity index (χ2v) is 4.22. The second-order valence-electron chi connectivity index (χ2n) is 4.22. The Labute approximate surface area is 93.7 Å². The molecule has 0 unspecified atom stereocenters. The molecule has 0 N–H and O–H groups in total. The molecule has 1 aromatic carbocycles. The van der Waals surface area contributed by atoms with Gasteiger partial charge in [0.25, 0.3) is 5.69 Å². The van der Waals surface area contributed by atoms with Crippen LogP contribution in [0.2, 0.25) is 0 Å². The largest absolute Gasteiger partial charge is 0.273 e. The molecule has 1 saturated carbocycles. The molecule has 1 aliphatic carbocycles. The molecular weight excluding hydrogens is 204 g/mol. The van der Waals surface area contributed by atoms with Gasteiger partial charge < -0.3 is 0 Å². The van der Waals surface area contributed by atoms with E-state index < -0.39 is 0 Å². The van der Waals surface area contributed by atoms with Crippen molar-refractivity contribution in [3.63, 3.8) is 0 Å². The van der Waals surface area contributed by atoms with Crippen LogP contribution in [0.4, 0.5) is 5.69 Å². The monoisotopic (exact) mass is 216 g/mol. The first-order chi connectivity index (χ1) is 7.63. The number of nitro benzene ring substituents is 1. The van der Waals surface area contributed by atoms with Crippen molar-refractivity contribution in [3.8, 4) is 6.07 Å². The molecule has 0 heterocycles. The van der Waals surface area contributed by atoms with Crippen LogP contribution in [-0.4, -0.2) is 4.92 Å². The number of hydrogen-bond acceptors (Lipinski definition) is 3. The summed E-state index contributed by atoms with van der Waals surface area (Å²) in [7, 11) is 0. The molecule has 1 aromatic rings. The Morgan fingerprint density at radius 2 is 2.19 bits per heavy atom. The van der Waals surface area contributed by atoms with Gasteiger partial charge in [-0.3, -0.25) is 10.1 Å². The summed E-state index contributed by atoms with van der Waals surface area (Å²) in [6, 6.07) is 5.29. The van der Waals surface area contributed by atoms with Crippen molar-refractivity contribution in [2.75, 3.05) is 0 Å². The smallest absolute Gasteiger partial charge is 0.258 e. The highest BCUT2D eigenvalue weighted by molar-refractivity contribution is 5.52. The van der Waals surface area contributed by atoms with Crippen LogP contribution in [0.5, 0.6) is 0 Å². The highest BCUT2D eigenvalue weighted by atomic mass is 16.6. The molecule has 0 aliphatic heterocycles. The van der Waals surface area contributed by atoms with E-state index in [1.54, 1.807) is 13.0 Å². The van der Waals surface area contributed by atoms with Gasteiger partial charge in [0.15, 0.2) is 0 Å². The van der Waals surface area contributed by atoms with Crippen LogP contribution in [0.1, 0.15) is 41.9 Å². The third-order valence-corrected chi connectivity index (χ3v) is 3.24. The van der Waals surface area contributed by atoms with E-state index in [2.05, 4.69) is 6.07 Å². The van der Waals surface area contributed by atoms with Crippen molar-refractivity contribution < 1.29 is 4.92 Å². The van der Waals surface area contributed by atoms with E-state index in [4.69, 9.17) is 5.26 Å². The molecule has 1 fully saturated rings. The number of rotatable bonds is 2. The number of benzene rings is 1. The first-order valence-corrected chi connectivity index (χ1v) is 5.32. The van der Waals surface area contributed by atoms with Crippen molar-refractivity contribution in [1.82, 2.24) is 0 Å². The topological polar surface area (TPSA) is 66.9 Å². The fourth-order valence-corrected chi connectivity index (χ4v) is 2.03. The van der Waals surface area contributed by atoms with Gasteiger partial charge in [0.1, 0.15) is 0 Å². The SMILES string of the molecule is Cc1cc([N+](=O)[O-])c(C2CCC2)cc1C#N. The molecule has 16 heavy (non-hydrogen) atoms. The Morgan fingerprint density at radius 1 is 1.50 bits per heavy atom. The zero-order chi connectivity index (χ0) is 11.7. The zero-order valence-electron chi connectivity index (χ0n) is 9.06. The van der Waals surface area contributed by atoms with Gasteiger partial charge >= 0.3 is 0 Å². The first-order valence-electron chi connectivity index (χ1n) is 5.32. The van der Waals surface area contributed by atoms with Gasteiger partial charge in [0, 0.05) is 11.6 Å². The Balaban J connectivity index is 2.54. The second kappa shape index (κ2) is 3.93. The summed E-state index contributed by atoms with van der Waals surface area (Å²) in [5, 5.41) is 19.9. The fraction of sp³-hybridized carbons (Fsp3) is 0.417.